The van der Waals surface area contributed by atoms with E-state index in [0.717, 1.165) is 97.3 Å². The number of pyridine rings is 2. The summed E-state index contributed by atoms with van der Waals surface area (Å²) in [7, 11) is 2.17. The minimum absolute atomic E-state index is 0.0645. The number of allylic oxidation sites excluding steroid dienone is 2. The Morgan fingerprint density at radius 3 is 2.74 bits per heavy atom. The summed E-state index contributed by atoms with van der Waals surface area (Å²) in [6, 6.07) is 4.27. The molecule has 0 spiro atoms. The van der Waals surface area contributed by atoms with Gasteiger partial charge in [0.15, 0.2) is 0 Å². The summed E-state index contributed by atoms with van der Waals surface area (Å²) in [5.74, 6) is 0.889. The van der Waals surface area contributed by atoms with E-state index in [2.05, 4.69) is 71.8 Å². The normalized spacial score (nSPS) is 20.7. The van der Waals surface area contributed by atoms with E-state index >= 15 is 0 Å². The number of aromatic amines is 2. The predicted molar refractivity (Wildman–Crippen MR) is 170 cm³/mol. The quantitative estimate of drug-likeness (QED) is 0.279. The van der Waals surface area contributed by atoms with Crippen LogP contribution in [-0.2, 0) is 4.79 Å². The zero-order chi connectivity index (χ0) is 28.9. The van der Waals surface area contributed by atoms with E-state index in [9.17, 15) is 4.79 Å². The van der Waals surface area contributed by atoms with Crippen LogP contribution in [0.2, 0.25) is 0 Å². The molecule has 2 aliphatic carbocycles. The molecule has 4 N–H and O–H groups in total. The van der Waals surface area contributed by atoms with E-state index in [1.807, 2.05) is 18.6 Å². The topological polar surface area (TPSA) is 118 Å². The third-order valence-electron chi connectivity index (χ3n) is 9.45. The molecule has 2 aliphatic heterocycles. The molecule has 4 aliphatic rings. The van der Waals surface area contributed by atoms with Gasteiger partial charge in [0.2, 0.25) is 5.91 Å². The van der Waals surface area contributed by atoms with Crippen molar-refractivity contribution in [2.24, 2.45) is 11.8 Å². The van der Waals surface area contributed by atoms with Gasteiger partial charge in [0.25, 0.3) is 0 Å². The lowest BCUT2D eigenvalue weighted by Gasteiger charge is -2.34. The Morgan fingerprint density at radius 2 is 1.88 bits per heavy atom. The lowest BCUT2D eigenvalue weighted by molar-refractivity contribution is -0.117. The number of amides is 1. The van der Waals surface area contributed by atoms with Gasteiger partial charge in [0.05, 0.1) is 46.5 Å². The second-order valence-electron chi connectivity index (χ2n) is 12.5. The molecule has 1 unspecified atom stereocenters. The van der Waals surface area contributed by atoms with Crippen molar-refractivity contribution in [2.75, 3.05) is 56.5 Å². The predicted octanol–water partition coefficient (Wildman–Crippen LogP) is 2.48. The van der Waals surface area contributed by atoms with Crippen LogP contribution in [0.25, 0.3) is 40.0 Å². The Kier molecular flexibility index (Phi) is 6.60. The number of hydrogen-bond donors (Lipinski definition) is 4. The molecule has 43 heavy (non-hydrogen) atoms. The standard InChI is InChI=1S/C33H37N9O/c1-41-6-8-42(9-7-41)31-19-36-18-30-26(31)15-29(38-30)33-27-14-25(24-12-21(24)13-28(27)39-40-33)22-11-23(17-35-16-22)37-32(43)10-20-2-4-34-5-3-20/h11,13-21,34,38-39H,2-10,12H2,1H3,(H,37,43). The Balaban J connectivity index is 1.11. The monoisotopic (exact) mass is 575 g/mol. The van der Waals surface area contributed by atoms with Gasteiger partial charge in [-0.1, -0.05) is 11.6 Å². The minimum atomic E-state index is 0.0645. The van der Waals surface area contributed by atoms with Crippen LogP contribution >= 0.6 is 0 Å². The highest BCUT2D eigenvalue weighted by Crippen LogP contribution is 2.46. The molecule has 0 aromatic carbocycles. The first-order valence-electron chi connectivity index (χ1n) is 15.5. The van der Waals surface area contributed by atoms with Crippen LogP contribution in [0, 0.1) is 11.8 Å². The number of piperidine rings is 1. The van der Waals surface area contributed by atoms with Crippen LogP contribution < -0.4 is 26.1 Å². The fraction of sp³-hybridized carbons (Fsp3) is 0.394. The summed E-state index contributed by atoms with van der Waals surface area (Å²) in [5, 5.41) is 17.9. The average molecular weight is 576 g/mol. The van der Waals surface area contributed by atoms with Gasteiger partial charge in [-0.05, 0) is 69.1 Å². The Hall–Kier alpha value is -4.28. The number of fused-ring (bicyclic) bond motifs is 3. The second-order valence-corrected chi connectivity index (χ2v) is 12.5. The van der Waals surface area contributed by atoms with Crippen molar-refractivity contribution in [3.8, 4) is 11.4 Å². The van der Waals surface area contributed by atoms with E-state index < -0.39 is 0 Å². The Morgan fingerprint density at radius 1 is 1.05 bits per heavy atom. The summed E-state index contributed by atoms with van der Waals surface area (Å²) in [4.78, 5) is 30.3. The number of aromatic nitrogens is 5. The van der Waals surface area contributed by atoms with Gasteiger partial charge in [-0.2, -0.15) is 5.10 Å². The third-order valence-corrected chi connectivity index (χ3v) is 9.45. The molecule has 4 aromatic heterocycles. The van der Waals surface area contributed by atoms with Crippen molar-refractivity contribution in [3.05, 3.63) is 58.6 Å². The van der Waals surface area contributed by atoms with Crippen molar-refractivity contribution in [3.63, 3.8) is 0 Å². The van der Waals surface area contributed by atoms with Gasteiger partial charge in [-0.15, -0.1) is 0 Å². The van der Waals surface area contributed by atoms with Crippen LogP contribution in [-0.4, -0.2) is 82.3 Å². The Bertz CT molecular complexity index is 1850. The number of hydrogen-bond acceptors (Lipinski definition) is 7. The van der Waals surface area contributed by atoms with Gasteiger partial charge in [-0.3, -0.25) is 19.9 Å². The van der Waals surface area contributed by atoms with Gasteiger partial charge >= 0.3 is 0 Å². The largest absolute Gasteiger partial charge is 0.367 e. The number of anilines is 2. The minimum Gasteiger partial charge on any atom is -0.367 e. The molecule has 10 heteroatoms. The van der Waals surface area contributed by atoms with Crippen molar-refractivity contribution >= 4 is 45.9 Å². The van der Waals surface area contributed by atoms with E-state index in [1.54, 1.807) is 6.20 Å². The summed E-state index contributed by atoms with van der Waals surface area (Å²) < 4.78 is 0. The van der Waals surface area contributed by atoms with Gasteiger partial charge < -0.3 is 25.4 Å². The molecule has 0 bridgehead atoms. The molecule has 8 rings (SSSR count). The van der Waals surface area contributed by atoms with Gasteiger partial charge in [0.1, 0.15) is 5.69 Å². The molecule has 1 atom stereocenters. The number of nitrogens with one attached hydrogen (secondary N) is 4. The highest BCUT2D eigenvalue weighted by Gasteiger charge is 2.33. The number of H-pyrrole nitrogens is 2. The lowest BCUT2D eigenvalue weighted by atomic mass is 9.94. The highest BCUT2D eigenvalue weighted by atomic mass is 16.1. The summed E-state index contributed by atoms with van der Waals surface area (Å²) in [6.45, 7) is 6.05. The van der Waals surface area contributed by atoms with Crippen LogP contribution in [0.5, 0.6) is 0 Å². The van der Waals surface area contributed by atoms with Crippen LogP contribution in [0.3, 0.4) is 0 Å². The first-order valence-corrected chi connectivity index (χ1v) is 15.5. The molecule has 2 saturated heterocycles. The maximum Gasteiger partial charge on any atom is 0.224 e. The average Bonchev–Trinajstić information content (AvgIpc) is 3.50. The summed E-state index contributed by atoms with van der Waals surface area (Å²) in [5.41, 5.74) is 8.37. The number of carbonyl (C=O) groups excluding carboxylic acids is 1. The van der Waals surface area contributed by atoms with Crippen molar-refractivity contribution < 1.29 is 4.79 Å². The molecule has 1 amide bonds. The second kappa shape index (κ2) is 10.8. The number of carbonyl (C=O) groups is 1. The number of piperazine rings is 1. The number of likely N-dealkylation sites (N-methyl/N-ethyl adjacent to an activating group) is 1. The lowest BCUT2D eigenvalue weighted by Crippen LogP contribution is -2.44. The first kappa shape index (κ1) is 26.4. The molecule has 10 nitrogen and oxygen atoms in total. The van der Waals surface area contributed by atoms with Crippen LogP contribution in [0.15, 0.2) is 42.5 Å². The highest BCUT2D eigenvalue weighted by molar-refractivity contribution is 5.98. The van der Waals surface area contributed by atoms with E-state index in [0.29, 0.717) is 18.3 Å². The summed E-state index contributed by atoms with van der Waals surface area (Å²) in [6.07, 6.45) is 15.8. The smallest absolute Gasteiger partial charge is 0.224 e. The van der Waals surface area contributed by atoms with E-state index in [-0.39, 0.29) is 5.91 Å². The number of nitrogens with zero attached hydrogens (tertiary/aromatic N) is 5. The van der Waals surface area contributed by atoms with E-state index in [1.165, 1.54) is 22.2 Å². The SMILES string of the molecule is CN1CCN(c2cncc3[nH]c(-c4n[nH]c5c4=CC(c4cncc(NC(=O)CC6CCNCC6)c4)=C4CC4C=5)cc23)CC1. The molecule has 1 saturated carbocycles. The molecule has 3 fully saturated rings. The molecule has 220 valence electrons. The van der Waals surface area contributed by atoms with Crippen molar-refractivity contribution in [1.29, 1.82) is 0 Å². The maximum atomic E-state index is 12.8. The number of rotatable bonds is 6. The summed E-state index contributed by atoms with van der Waals surface area (Å²) >= 11 is 0. The maximum absolute atomic E-state index is 12.8. The first-order chi connectivity index (χ1) is 21.1. The Labute approximate surface area is 250 Å². The molecule has 4 aromatic rings. The zero-order valence-corrected chi connectivity index (χ0v) is 24.5. The van der Waals surface area contributed by atoms with Crippen molar-refractivity contribution in [2.45, 2.75) is 25.7 Å². The molecule has 0 radical (unpaired) electrons. The third kappa shape index (κ3) is 5.14. The van der Waals surface area contributed by atoms with Gasteiger partial charge in [0, 0.05) is 60.9 Å². The molecular weight excluding hydrogens is 538 g/mol. The van der Waals surface area contributed by atoms with Crippen molar-refractivity contribution in [1.82, 2.24) is 35.4 Å². The molecule has 6 heterocycles. The molecular formula is C33H37N9O. The zero-order valence-electron chi connectivity index (χ0n) is 24.5. The fourth-order valence-corrected chi connectivity index (χ4v) is 6.88. The van der Waals surface area contributed by atoms with E-state index in [4.69, 9.17) is 5.10 Å². The fourth-order valence-electron chi connectivity index (χ4n) is 6.88. The van der Waals surface area contributed by atoms with Crippen LogP contribution in [0.4, 0.5) is 11.4 Å². The van der Waals surface area contributed by atoms with Crippen LogP contribution in [0.1, 0.15) is 31.2 Å². The van der Waals surface area contributed by atoms with Gasteiger partial charge in [-0.25, -0.2) is 0 Å².